The van der Waals surface area contributed by atoms with Crippen LogP contribution in [0.4, 0.5) is 0 Å². The zero-order valence-electron chi connectivity index (χ0n) is 12.1. The number of halogens is 1. The summed E-state index contributed by atoms with van der Waals surface area (Å²) < 4.78 is 27.3. The molecule has 3 nitrogen and oxygen atoms in total. The highest BCUT2D eigenvalue weighted by Gasteiger charge is 2.25. The fourth-order valence-corrected chi connectivity index (χ4v) is 4.34. The van der Waals surface area contributed by atoms with Crippen LogP contribution in [0.3, 0.4) is 0 Å². The topological polar surface area (TPSA) is 37.4 Å². The van der Waals surface area contributed by atoms with Crippen LogP contribution in [-0.4, -0.2) is 31.7 Å². The van der Waals surface area contributed by atoms with Gasteiger partial charge in [-0.25, -0.2) is 8.42 Å². The summed E-state index contributed by atoms with van der Waals surface area (Å²) in [5, 5.41) is 1.69. The van der Waals surface area contributed by atoms with Gasteiger partial charge >= 0.3 is 0 Å². The lowest BCUT2D eigenvalue weighted by Crippen LogP contribution is -2.33. The molecule has 21 heavy (non-hydrogen) atoms. The Morgan fingerprint density at radius 2 is 1.76 bits per heavy atom. The van der Waals surface area contributed by atoms with Crippen molar-refractivity contribution in [2.75, 3.05) is 19.0 Å². The minimum absolute atomic E-state index is 0.299. The molecule has 0 aliphatic carbocycles. The van der Waals surface area contributed by atoms with E-state index in [1.165, 1.54) is 4.31 Å². The quantitative estimate of drug-likeness (QED) is 0.725. The molecule has 0 aromatic heterocycles. The lowest BCUT2D eigenvalue weighted by molar-refractivity contribution is 0.421. The van der Waals surface area contributed by atoms with Crippen molar-refractivity contribution in [3.63, 3.8) is 0 Å². The molecule has 0 fully saturated rings. The van der Waals surface area contributed by atoms with Gasteiger partial charge in [-0.3, -0.25) is 0 Å². The highest BCUT2D eigenvalue weighted by Crippen LogP contribution is 2.25. The molecule has 0 bridgehead atoms. The molecule has 2 aromatic rings. The third-order valence-corrected chi connectivity index (χ3v) is 5.59. The summed E-state index contributed by atoms with van der Waals surface area (Å²) >= 11 is 5.78. The summed E-state index contributed by atoms with van der Waals surface area (Å²) in [4.78, 5) is 0.363. The van der Waals surface area contributed by atoms with Crippen LogP contribution >= 0.6 is 11.6 Å². The maximum absolute atomic E-state index is 12.9. The Bertz CT molecular complexity index is 695. The molecule has 0 saturated carbocycles. The second-order valence-corrected chi connectivity index (χ2v) is 7.21. The molecular weight excluding hydrogens is 306 g/mol. The van der Waals surface area contributed by atoms with Crippen molar-refractivity contribution in [3.05, 3.63) is 42.5 Å². The molecule has 0 unspecified atom stereocenters. The number of alkyl halides is 1. The molecule has 0 amide bonds. The Hall–Kier alpha value is -1.10. The molecule has 0 atom stereocenters. The van der Waals surface area contributed by atoms with E-state index in [1.54, 1.807) is 12.1 Å². The second-order valence-electron chi connectivity index (χ2n) is 4.92. The number of nitrogens with zero attached hydrogens (tertiary/aromatic N) is 1. The predicted molar refractivity (Wildman–Crippen MR) is 88.3 cm³/mol. The van der Waals surface area contributed by atoms with Crippen LogP contribution in [0.1, 0.15) is 19.8 Å². The summed E-state index contributed by atoms with van der Waals surface area (Å²) in [5.74, 6) is 0.299. The molecule has 0 saturated heterocycles. The molecule has 2 rings (SSSR count). The standard InChI is InChI=1S/C16H20ClNO2S/c1-2-3-12-18(13-11-17)21(19,20)16-10-6-8-14-7-4-5-9-15(14)16/h4-10H,2-3,11-13H2,1H3. The van der Waals surface area contributed by atoms with E-state index in [4.69, 9.17) is 11.6 Å². The van der Waals surface area contributed by atoms with Gasteiger partial charge in [0, 0.05) is 24.4 Å². The number of unbranched alkanes of at least 4 members (excludes halogenated alkanes) is 1. The molecule has 0 spiro atoms. The van der Waals surface area contributed by atoms with Gasteiger partial charge in [0.05, 0.1) is 4.90 Å². The third kappa shape index (κ3) is 3.57. The molecule has 0 N–H and O–H groups in total. The van der Waals surface area contributed by atoms with Gasteiger partial charge in [-0.15, -0.1) is 11.6 Å². The van der Waals surface area contributed by atoms with Crippen LogP contribution in [0.15, 0.2) is 47.4 Å². The highest BCUT2D eigenvalue weighted by molar-refractivity contribution is 7.89. The van der Waals surface area contributed by atoms with E-state index < -0.39 is 10.0 Å². The van der Waals surface area contributed by atoms with Gasteiger partial charge in [-0.1, -0.05) is 49.7 Å². The van der Waals surface area contributed by atoms with Crippen molar-refractivity contribution < 1.29 is 8.42 Å². The molecule has 114 valence electrons. The normalized spacial score (nSPS) is 12.1. The summed E-state index contributed by atoms with van der Waals surface area (Å²) in [6, 6.07) is 12.9. The lowest BCUT2D eigenvalue weighted by Gasteiger charge is -2.22. The average Bonchev–Trinajstić information content (AvgIpc) is 2.50. The molecule has 0 aliphatic heterocycles. The zero-order chi connectivity index (χ0) is 15.3. The number of hydrogen-bond donors (Lipinski definition) is 0. The van der Waals surface area contributed by atoms with Crippen LogP contribution in [0, 0.1) is 0 Å². The summed E-state index contributed by atoms with van der Waals surface area (Å²) in [6.45, 7) is 2.89. The van der Waals surface area contributed by atoms with Gasteiger partial charge in [-0.05, 0) is 17.9 Å². The Balaban J connectivity index is 2.49. The van der Waals surface area contributed by atoms with E-state index in [2.05, 4.69) is 0 Å². The van der Waals surface area contributed by atoms with Crippen LogP contribution in [0.5, 0.6) is 0 Å². The smallest absolute Gasteiger partial charge is 0.207 e. The highest BCUT2D eigenvalue weighted by atomic mass is 35.5. The van der Waals surface area contributed by atoms with E-state index in [1.807, 2.05) is 37.3 Å². The Morgan fingerprint density at radius 3 is 2.48 bits per heavy atom. The van der Waals surface area contributed by atoms with Gasteiger partial charge < -0.3 is 0 Å². The molecule has 5 heteroatoms. The minimum Gasteiger partial charge on any atom is -0.207 e. The monoisotopic (exact) mass is 325 g/mol. The van der Waals surface area contributed by atoms with Gasteiger partial charge in [0.1, 0.15) is 0 Å². The Labute approximate surface area is 131 Å². The molecule has 0 radical (unpaired) electrons. The minimum atomic E-state index is -3.51. The molecular formula is C16H20ClNO2S. The van der Waals surface area contributed by atoms with Crippen molar-refractivity contribution in [3.8, 4) is 0 Å². The number of hydrogen-bond acceptors (Lipinski definition) is 2. The van der Waals surface area contributed by atoms with Crippen LogP contribution in [0.2, 0.25) is 0 Å². The molecule has 0 heterocycles. The van der Waals surface area contributed by atoms with E-state index in [9.17, 15) is 8.42 Å². The second kappa shape index (κ2) is 7.25. The third-order valence-electron chi connectivity index (χ3n) is 3.46. The zero-order valence-corrected chi connectivity index (χ0v) is 13.7. The fraction of sp³-hybridized carbons (Fsp3) is 0.375. The first-order chi connectivity index (χ1) is 10.1. The van der Waals surface area contributed by atoms with Gasteiger partial charge in [0.15, 0.2) is 0 Å². The van der Waals surface area contributed by atoms with Gasteiger partial charge in [-0.2, -0.15) is 4.31 Å². The molecule has 2 aromatic carbocycles. The van der Waals surface area contributed by atoms with Crippen LogP contribution in [-0.2, 0) is 10.0 Å². The summed E-state index contributed by atoms with van der Waals surface area (Å²) in [7, 11) is -3.51. The average molecular weight is 326 g/mol. The first-order valence-corrected chi connectivity index (χ1v) is 9.12. The van der Waals surface area contributed by atoms with Crippen molar-refractivity contribution >= 4 is 32.4 Å². The van der Waals surface area contributed by atoms with Crippen molar-refractivity contribution in [2.45, 2.75) is 24.7 Å². The van der Waals surface area contributed by atoms with E-state index in [0.29, 0.717) is 23.9 Å². The predicted octanol–water partition coefficient (Wildman–Crippen LogP) is 3.87. The van der Waals surface area contributed by atoms with E-state index >= 15 is 0 Å². The Morgan fingerprint density at radius 1 is 1.05 bits per heavy atom. The van der Waals surface area contributed by atoms with Gasteiger partial charge in [0.25, 0.3) is 0 Å². The van der Waals surface area contributed by atoms with Crippen LogP contribution in [0.25, 0.3) is 10.8 Å². The molecule has 0 aliphatic rings. The van der Waals surface area contributed by atoms with E-state index in [-0.39, 0.29) is 0 Å². The SMILES string of the molecule is CCCCN(CCCl)S(=O)(=O)c1cccc2ccccc12. The number of benzene rings is 2. The Kier molecular flexibility index (Phi) is 5.62. The first-order valence-electron chi connectivity index (χ1n) is 7.15. The lowest BCUT2D eigenvalue weighted by atomic mass is 10.1. The maximum atomic E-state index is 12.9. The van der Waals surface area contributed by atoms with Crippen molar-refractivity contribution in [2.24, 2.45) is 0 Å². The van der Waals surface area contributed by atoms with Crippen molar-refractivity contribution in [1.82, 2.24) is 4.31 Å². The summed E-state index contributed by atoms with van der Waals surface area (Å²) in [6.07, 6.45) is 1.78. The fourth-order valence-electron chi connectivity index (χ4n) is 2.34. The number of fused-ring (bicyclic) bond motifs is 1. The first kappa shape index (κ1) is 16.3. The van der Waals surface area contributed by atoms with Gasteiger partial charge in [0.2, 0.25) is 10.0 Å². The number of sulfonamides is 1. The van der Waals surface area contributed by atoms with Crippen LogP contribution < -0.4 is 0 Å². The van der Waals surface area contributed by atoms with Crippen molar-refractivity contribution in [1.29, 1.82) is 0 Å². The number of rotatable bonds is 7. The maximum Gasteiger partial charge on any atom is 0.243 e. The summed E-state index contributed by atoms with van der Waals surface area (Å²) in [5.41, 5.74) is 0. The van der Waals surface area contributed by atoms with E-state index in [0.717, 1.165) is 23.6 Å². The largest absolute Gasteiger partial charge is 0.243 e.